The fraction of sp³-hybridized carbons (Fsp3) is 0.0600. The minimum absolute atomic E-state index is 0.150. The van der Waals surface area contributed by atoms with Crippen LogP contribution in [0, 0.1) is 11.3 Å². The summed E-state index contributed by atoms with van der Waals surface area (Å²) in [5.41, 5.74) is 13.4. The van der Waals surface area contributed by atoms with Crippen molar-refractivity contribution in [2.75, 3.05) is 0 Å². The highest BCUT2D eigenvalue weighted by molar-refractivity contribution is 5.91. The van der Waals surface area contributed by atoms with Gasteiger partial charge in [0.25, 0.3) is 0 Å². The van der Waals surface area contributed by atoms with Crippen LogP contribution in [0.3, 0.4) is 0 Å². The molecule has 1 aliphatic carbocycles. The van der Waals surface area contributed by atoms with E-state index in [2.05, 4.69) is 98.8 Å². The van der Waals surface area contributed by atoms with Gasteiger partial charge in [-0.3, -0.25) is 0 Å². The number of fused-ring (bicyclic) bond motifs is 6. The molecule has 0 unspecified atom stereocenters. The summed E-state index contributed by atoms with van der Waals surface area (Å²) in [5, 5.41) is 9.53. The molecular formula is C50H33N3O2. The summed E-state index contributed by atoms with van der Waals surface area (Å²) in [4.78, 5) is 10.4. The van der Waals surface area contributed by atoms with Crippen molar-refractivity contribution in [3.63, 3.8) is 0 Å². The molecule has 2 heterocycles. The van der Waals surface area contributed by atoms with Crippen LogP contribution in [0.5, 0.6) is 23.0 Å². The maximum absolute atomic E-state index is 9.53. The van der Waals surface area contributed by atoms with Gasteiger partial charge in [0.2, 0.25) is 0 Å². The molecule has 7 aromatic carbocycles. The molecule has 0 radical (unpaired) electrons. The van der Waals surface area contributed by atoms with Crippen molar-refractivity contribution >= 4 is 0 Å². The molecule has 0 saturated carbocycles. The number of aromatic nitrogens is 2. The molecule has 0 bridgehead atoms. The molecule has 5 nitrogen and oxygen atoms in total. The highest BCUT2D eigenvalue weighted by Gasteiger charge is 2.40. The minimum atomic E-state index is -0.150. The quantitative estimate of drug-likeness (QED) is 0.178. The highest BCUT2D eigenvalue weighted by Crippen LogP contribution is 2.59. The van der Waals surface area contributed by atoms with Gasteiger partial charge in [-0.1, -0.05) is 141 Å². The van der Waals surface area contributed by atoms with Gasteiger partial charge in [0.15, 0.2) is 28.8 Å². The standard InChI is InChI=1S/C50H33N3O2/c1-50(2)40-23-9-8-21-39(40)46-41(50)25-26-45-48(46)55-44-24-12-22-37(47(44)54-45)36-19-6-7-20-38(36)49-52-42(32-14-4-3-5-15-32)29-43(53-49)35-18-11-17-34(28-35)33-16-10-13-31(27-33)30-51/h3-29H,1-2H3. The molecule has 0 fully saturated rings. The normalized spacial score (nSPS) is 13.0. The van der Waals surface area contributed by atoms with Crippen LogP contribution >= 0.6 is 0 Å². The number of ether oxygens (including phenoxy) is 2. The van der Waals surface area contributed by atoms with Crippen molar-refractivity contribution in [3.8, 4) is 96.4 Å². The molecule has 0 amide bonds. The Morgan fingerprint density at radius 2 is 1.07 bits per heavy atom. The summed E-state index contributed by atoms with van der Waals surface area (Å²) in [6.07, 6.45) is 0. The van der Waals surface area contributed by atoms with Gasteiger partial charge in [-0.2, -0.15) is 5.26 Å². The molecule has 5 heteroatoms. The Bertz CT molecular complexity index is 2870. The van der Waals surface area contributed by atoms with Crippen molar-refractivity contribution in [2.24, 2.45) is 0 Å². The third-order valence-electron chi connectivity index (χ3n) is 10.8. The predicted molar refractivity (Wildman–Crippen MR) is 218 cm³/mol. The van der Waals surface area contributed by atoms with Crippen LogP contribution in [-0.2, 0) is 5.41 Å². The lowest BCUT2D eigenvalue weighted by atomic mass is 9.82. The first-order valence-corrected chi connectivity index (χ1v) is 18.4. The lowest BCUT2D eigenvalue weighted by molar-refractivity contribution is 0.361. The zero-order valence-electron chi connectivity index (χ0n) is 30.2. The molecule has 0 atom stereocenters. The summed E-state index contributed by atoms with van der Waals surface area (Å²) in [6.45, 7) is 4.53. The second kappa shape index (κ2) is 12.7. The Morgan fingerprint density at radius 3 is 1.89 bits per heavy atom. The van der Waals surface area contributed by atoms with Crippen LogP contribution in [0.2, 0.25) is 0 Å². The highest BCUT2D eigenvalue weighted by atomic mass is 16.6. The second-order valence-corrected chi connectivity index (χ2v) is 14.5. The van der Waals surface area contributed by atoms with Crippen molar-refractivity contribution in [1.82, 2.24) is 9.97 Å². The summed E-state index contributed by atoms with van der Waals surface area (Å²) in [6, 6.07) is 57.5. The van der Waals surface area contributed by atoms with E-state index in [9.17, 15) is 5.26 Å². The number of benzene rings is 7. The van der Waals surface area contributed by atoms with Crippen molar-refractivity contribution in [3.05, 3.63) is 180 Å². The smallest absolute Gasteiger partial charge is 0.178 e. The van der Waals surface area contributed by atoms with E-state index in [1.807, 2.05) is 84.9 Å². The molecule has 0 saturated heterocycles. The van der Waals surface area contributed by atoms with Gasteiger partial charge in [0.05, 0.1) is 23.0 Å². The maximum Gasteiger partial charge on any atom is 0.178 e. The number of nitriles is 1. The van der Waals surface area contributed by atoms with Crippen LogP contribution in [0.15, 0.2) is 164 Å². The largest absolute Gasteiger partial charge is 0.449 e. The van der Waals surface area contributed by atoms with E-state index < -0.39 is 0 Å². The molecule has 1 aromatic heterocycles. The first-order valence-electron chi connectivity index (χ1n) is 18.4. The van der Waals surface area contributed by atoms with Gasteiger partial charge in [0.1, 0.15) is 0 Å². The van der Waals surface area contributed by atoms with Crippen LogP contribution in [0.25, 0.3) is 67.3 Å². The van der Waals surface area contributed by atoms with Gasteiger partial charge < -0.3 is 9.47 Å². The topological polar surface area (TPSA) is 68.0 Å². The van der Waals surface area contributed by atoms with E-state index in [1.54, 1.807) is 0 Å². The molecular weight excluding hydrogens is 675 g/mol. The van der Waals surface area contributed by atoms with E-state index >= 15 is 0 Å². The molecule has 2 aliphatic rings. The average Bonchev–Trinajstić information content (AvgIpc) is 3.49. The number of nitrogens with zero attached hydrogens (tertiary/aromatic N) is 3. The Balaban J connectivity index is 1.10. The van der Waals surface area contributed by atoms with E-state index in [0.717, 1.165) is 61.6 Å². The molecule has 260 valence electrons. The van der Waals surface area contributed by atoms with E-state index in [0.29, 0.717) is 28.6 Å². The minimum Gasteiger partial charge on any atom is -0.449 e. The van der Waals surface area contributed by atoms with E-state index in [4.69, 9.17) is 19.4 Å². The van der Waals surface area contributed by atoms with Crippen LogP contribution in [-0.4, -0.2) is 9.97 Å². The fourth-order valence-corrected chi connectivity index (χ4v) is 8.07. The van der Waals surface area contributed by atoms with Crippen molar-refractivity contribution in [2.45, 2.75) is 19.3 Å². The molecule has 8 aromatic rings. The summed E-state index contributed by atoms with van der Waals surface area (Å²) in [5.74, 6) is 3.34. The molecule has 55 heavy (non-hydrogen) atoms. The van der Waals surface area contributed by atoms with Crippen LogP contribution < -0.4 is 9.47 Å². The van der Waals surface area contributed by atoms with Gasteiger partial charge in [-0.15, -0.1) is 0 Å². The Hall–Kier alpha value is -7.29. The first kappa shape index (κ1) is 32.4. The van der Waals surface area contributed by atoms with Gasteiger partial charge in [0, 0.05) is 33.2 Å². The molecule has 10 rings (SSSR count). The summed E-state index contributed by atoms with van der Waals surface area (Å²) in [7, 11) is 0. The third-order valence-corrected chi connectivity index (χ3v) is 10.8. The zero-order valence-corrected chi connectivity index (χ0v) is 30.2. The molecule has 0 N–H and O–H groups in total. The zero-order chi connectivity index (χ0) is 37.1. The number of para-hydroxylation sites is 1. The molecule has 0 spiro atoms. The number of hydrogen-bond acceptors (Lipinski definition) is 5. The van der Waals surface area contributed by atoms with Gasteiger partial charge in [-0.25, -0.2) is 9.97 Å². The Morgan fingerprint density at radius 1 is 0.473 bits per heavy atom. The average molecular weight is 708 g/mol. The van der Waals surface area contributed by atoms with E-state index in [-0.39, 0.29) is 5.41 Å². The van der Waals surface area contributed by atoms with Crippen LogP contribution in [0.4, 0.5) is 0 Å². The SMILES string of the molecule is CC1(C)c2ccccc2-c2c1ccc1c2Oc2cccc(-c3ccccc3-c3nc(-c4ccccc4)cc(-c4cccc(-c5cccc(C#N)c5)c4)n3)c2O1. The lowest BCUT2D eigenvalue weighted by Gasteiger charge is -2.26. The van der Waals surface area contributed by atoms with Gasteiger partial charge in [-0.05, 0) is 69.8 Å². The van der Waals surface area contributed by atoms with Crippen molar-refractivity contribution in [1.29, 1.82) is 5.26 Å². The van der Waals surface area contributed by atoms with Crippen LogP contribution in [0.1, 0.15) is 30.5 Å². The molecule has 1 aliphatic heterocycles. The second-order valence-electron chi connectivity index (χ2n) is 14.5. The Labute approximate surface area is 319 Å². The number of rotatable bonds is 5. The lowest BCUT2D eigenvalue weighted by Crippen LogP contribution is -2.15. The Kier molecular flexibility index (Phi) is 7.47. The number of hydrogen-bond donors (Lipinski definition) is 0. The first-order chi connectivity index (χ1) is 27.0. The monoisotopic (exact) mass is 707 g/mol. The predicted octanol–water partition coefficient (Wildman–Crippen LogP) is 12.9. The third kappa shape index (κ3) is 5.38. The summed E-state index contributed by atoms with van der Waals surface area (Å²) < 4.78 is 13.7. The maximum atomic E-state index is 9.53. The summed E-state index contributed by atoms with van der Waals surface area (Å²) >= 11 is 0. The van der Waals surface area contributed by atoms with Crippen molar-refractivity contribution < 1.29 is 9.47 Å². The fourth-order valence-electron chi connectivity index (χ4n) is 8.07. The van der Waals surface area contributed by atoms with E-state index in [1.165, 1.54) is 16.7 Å². The van der Waals surface area contributed by atoms with Gasteiger partial charge >= 0.3 is 0 Å².